The lowest BCUT2D eigenvalue weighted by molar-refractivity contribution is -0.140. The number of aliphatic carboxylic acids is 2. The van der Waals surface area contributed by atoms with Crippen LogP contribution in [0.1, 0.15) is 59.3 Å². The Labute approximate surface area is 156 Å². The molecular weight excluding hydrogens is 336 g/mol. The summed E-state index contributed by atoms with van der Waals surface area (Å²) < 4.78 is 4.39. The van der Waals surface area contributed by atoms with Crippen molar-refractivity contribution in [2.45, 2.75) is 59.3 Å². The predicted octanol–water partition coefficient (Wildman–Crippen LogP) is 4.57. The van der Waals surface area contributed by atoms with Crippen LogP contribution in [0.3, 0.4) is 0 Å². The standard InChI is InChI=1S/C12H22O2.C8H10O4/c1-5-10(11(13)14)8-6-7-9-12(2,3)4;1-2-12-8(11)6-4-3-5-7(9)10/h5,10H,1,6-9H2,2-4H3,(H,13,14);2-3,5H,1,4,6H2,(H,9,10)/b;5-3+. The number of unbranched alkanes of at least 4 members (excludes halogenated alkanes) is 1. The topological polar surface area (TPSA) is 101 Å². The van der Waals surface area contributed by atoms with Crippen molar-refractivity contribution >= 4 is 17.9 Å². The second-order valence-corrected chi connectivity index (χ2v) is 6.92. The Morgan fingerprint density at radius 2 is 1.73 bits per heavy atom. The number of hydrogen-bond acceptors (Lipinski definition) is 4. The van der Waals surface area contributed by atoms with E-state index >= 15 is 0 Å². The van der Waals surface area contributed by atoms with E-state index in [4.69, 9.17) is 10.2 Å². The summed E-state index contributed by atoms with van der Waals surface area (Å²) in [6, 6.07) is 0. The van der Waals surface area contributed by atoms with E-state index < -0.39 is 17.9 Å². The number of rotatable bonds is 11. The van der Waals surface area contributed by atoms with Crippen molar-refractivity contribution in [3.63, 3.8) is 0 Å². The summed E-state index contributed by atoms with van der Waals surface area (Å²) in [7, 11) is 0. The molecule has 0 aliphatic carbocycles. The van der Waals surface area contributed by atoms with Crippen molar-refractivity contribution in [2.24, 2.45) is 11.3 Å². The molecule has 6 nitrogen and oxygen atoms in total. The van der Waals surface area contributed by atoms with Gasteiger partial charge in [-0.15, -0.1) is 6.58 Å². The molecule has 0 aromatic heterocycles. The van der Waals surface area contributed by atoms with Gasteiger partial charge >= 0.3 is 17.9 Å². The van der Waals surface area contributed by atoms with E-state index in [0.717, 1.165) is 38.0 Å². The Kier molecular flexibility index (Phi) is 14.9. The molecule has 0 saturated carbocycles. The first-order valence-electron chi connectivity index (χ1n) is 8.58. The third-order valence-electron chi connectivity index (χ3n) is 3.28. The monoisotopic (exact) mass is 368 g/mol. The number of carboxylic acid groups (broad SMARTS) is 2. The first kappa shape index (κ1) is 25.9. The van der Waals surface area contributed by atoms with Gasteiger partial charge in [-0.2, -0.15) is 0 Å². The normalized spacial score (nSPS) is 11.8. The van der Waals surface area contributed by atoms with E-state index in [1.165, 1.54) is 12.2 Å². The van der Waals surface area contributed by atoms with Crippen LogP contribution in [-0.4, -0.2) is 28.1 Å². The summed E-state index contributed by atoms with van der Waals surface area (Å²) in [5.74, 6) is -2.56. The maximum Gasteiger partial charge on any atom is 0.327 e. The molecule has 0 aromatic carbocycles. The molecule has 0 rings (SSSR count). The zero-order valence-corrected chi connectivity index (χ0v) is 16.1. The van der Waals surface area contributed by atoms with Gasteiger partial charge in [-0.1, -0.05) is 52.3 Å². The fourth-order valence-electron chi connectivity index (χ4n) is 1.90. The van der Waals surface area contributed by atoms with E-state index in [2.05, 4.69) is 38.7 Å². The van der Waals surface area contributed by atoms with Gasteiger partial charge in [0.2, 0.25) is 0 Å². The fraction of sp³-hybridized carbons (Fsp3) is 0.550. The minimum Gasteiger partial charge on any atom is -0.481 e. The number of allylic oxidation sites excluding steroid dienone is 1. The Morgan fingerprint density at radius 1 is 1.12 bits per heavy atom. The van der Waals surface area contributed by atoms with E-state index in [1.807, 2.05) is 0 Å². The Bertz CT molecular complexity index is 485. The molecule has 0 spiro atoms. The molecule has 1 atom stereocenters. The molecule has 0 aromatic rings. The summed E-state index contributed by atoms with van der Waals surface area (Å²) in [6.07, 6.45) is 9.41. The molecule has 0 aliphatic rings. The largest absolute Gasteiger partial charge is 0.481 e. The smallest absolute Gasteiger partial charge is 0.327 e. The second kappa shape index (κ2) is 14.9. The van der Waals surface area contributed by atoms with Gasteiger partial charge in [0.05, 0.1) is 12.2 Å². The van der Waals surface area contributed by atoms with Gasteiger partial charge in [0.25, 0.3) is 0 Å². The van der Waals surface area contributed by atoms with Gasteiger partial charge in [-0.05, 0) is 24.7 Å². The molecule has 6 heteroatoms. The van der Waals surface area contributed by atoms with E-state index in [1.54, 1.807) is 0 Å². The van der Waals surface area contributed by atoms with E-state index in [-0.39, 0.29) is 12.3 Å². The lowest BCUT2D eigenvalue weighted by Gasteiger charge is -2.17. The van der Waals surface area contributed by atoms with Gasteiger partial charge in [0.1, 0.15) is 0 Å². The van der Waals surface area contributed by atoms with Gasteiger partial charge < -0.3 is 14.9 Å². The van der Waals surface area contributed by atoms with Crippen molar-refractivity contribution in [3.8, 4) is 0 Å². The SMILES string of the molecule is C=CC(CCCCC(C)(C)C)C(=O)O.C=COC(=O)CC/C=C/C(=O)O. The minimum absolute atomic E-state index is 0.163. The first-order chi connectivity index (χ1) is 12.0. The van der Waals surface area contributed by atoms with Crippen molar-refractivity contribution in [2.75, 3.05) is 0 Å². The molecule has 0 heterocycles. The number of ether oxygens (including phenoxy) is 1. The molecule has 0 saturated heterocycles. The molecule has 1 unspecified atom stereocenters. The highest BCUT2D eigenvalue weighted by Crippen LogP contribution is 2.23. The predicted molar refractivity (Wildman–Crippen MR) is 102 cm³/mol. The number of carboxylic acids is 2. The van der Waals surface area contributed by atoms with Crippen molar-refractivity contribution < 1.29 is 29.3 Å². The number of carbonyl (C=O) groups excluding carboxylic acids is 1. The molecule has 0 aliphatic heterocycles. The highest BCUT2D eigenvalue weighted by Gasteiger charge is 2.14. The molecule has 148 valence electrons. The summed E-state index contributed by atoms with van der Waals surface area (Å²) in [5.41, 5.74) is 0.354. The first-order valence-corrected chi connectivity index (χ1v) is 8.58. The Morgan fingerprint density at radius 3 is 2.15 bits per heavy atom. The number of carbonyl (C=O) groups is 3. The van der Waals surface area contributed by atoms with Crippen LogP contribution in [0.15, 0.2) is 37.6 Å². The molecule has 0 fully saturated rings. The summed E-state index contributed by atoms with van der Waals surface area (Å²) in [6.45, 7) is 13.3. The van der Waals surface area contributed by atoms with Crippen LogP contribution < -0.4 is 0 Å². The van der Waals surface area contributed by atoms with E-state index in [0.29, 0.717) is 11.8 Å². The third-order valence-corrected chi connectivity index (χ3v) is 3.28. The van der Waals surface area contributed by atoms with Gasteiger partial charge in [0, 0.05) is 12.5 Å². The molecule has 0 radical (unpaired) electrons. The fourth-order valence-corrected chi connectivity index (χ4v) is 1.90. The van der Waals surface area contributed by atoms with Crippen molar-refractivity contribution in [1.82, 2.24) is 0 Å². The summed E-state index contributed by atoms with van der Waals surface area (Å²) >= 11 is 0. The number of esters is 1. The average molecular weight is 368 g/mol. The van der Waals surface area contributed by atoms with Crippen LogP contribution in [0, 0.1) is 11.3 Å². The summed E-state index contributed by atoms with van der Waals surface area (Å²) in [5, 5.41) is 16.9. The molecule has 2 N–H and O–H groups in total. The quantitative estimate of drug-likeness (QED) is 0.182. The van der Waals surface area contributed by atoms with Crippen LogP contribution in [0.5, 0.6) is 0 Å². The second-order valence-electron chi connectivity index (χ2n) is 6.92. The zero-order valence-electron chi connectivity index (χ0n) is 16.1. The average Bonchev–Trinajstić information content (AvgIpc) is 2.51. The molecule has 0 amide bonds. The van der Waals surface area contributed by atoms with Crippen LogP contribution in [-0.2, 0) is 19.1 Å². The summed E-state index contributed by atoms with van der Waals surface area (Å²) in [4.78, 5) is 31.2. The third kappa shape index (κ3) is 19.7. The molecular formula is C20H32O6. The van der Waals surface area contributed by atoms with Crippen LogP contribution >= 0.6 is 0 Å². The minimum atomic E-state index is -1.02. The van der Waals surface area contributed by atoms with Crippen LogP contribution in [0.25, 0.3) is 0 Å². The molecule has 26 heavy (non-hydrogen) atoms. The lowest BCUT2D eigenvalue weighted by atomic mass is 9.88. The Balaban J connectivity index is 0. The highest BCUT2D eigenvalue weighted by atomic mass is 16.5. The van der Waals surface area contributed by atoms with Gasteiger partial charge in [-0.25, -0.2) is 4.79 Å². The maximum atomic E-state index is 10.7. The van der Waals surface area contributed by atoms with E-state index in [9.17, 15) is 14.4 Å². The lowest BCUT2D eigenvalue weighted by Crippen LogP contribution is -2.11. The van der Waals surface area contributed by atoms with Crippen LogP contribution in [0.4, 0.5) is 0 Å². The Hall–Kier alpha value is -2.37. The van der Waals surface area contributed by atoms with Crippen molar-refractivity contribution in [3.05, 3.63) is 37.6 Å². The molecule has 0 bridgehead atoms. The highest BCUT2D eigenvalue weighted by molar-refractivity contribution is 5.79. The van der Waals surface area contributed by atoms with Gasteiger partial charge in [-0.3, -0.25) is 9.59 Å². The maximum absolute atomic E-state index is 10.7. The van der Waals surface area contributed by atoms with Crippen LogP contribution in [0.2, 0.25) is 0 Å². The zero-order chi connectivity index (χ0) is 20.6. The number of hydrogen-bond donors (Lipinski definition) is 2. The van der Waals surface area contributed by atoms with Gasteiger partial charge in [0.15, 0.2) is 0 Å². The van der Waals surface area contributed by atoms with Crippen molar-refractivity contribution in [1.29, 1.82) is 0 Å².